The molecule has 1 atom stereocenters. The van der Waals surface area contributed by atoms with Gasteiger partial charge in [-0.3, -0.25) is 9.59 Å². The molecule has 2 rings (SSSR count). The van der Waals surface area contributed by atoms with Gasteiger partial charge in [-0.2, -0.15) is 0 Å². The lowest BCUT2D eigenvalue weighted by Gasteiger charge is -2.33. The summed E-state index contributed by atoms with van der Waals surface area (Å²) in [4.78, 5) is 26.6. The van der Waals surface area contributed by atoms with E-state index in [-0.39, 0.29) is 42.3 Å². The molecular formula is C19H36ClN3O3. The second-order valence-electron chi connectivity index (χ2n) is 7.54. The van der Waals surface area contributed by atoms with Gasteiger partial charge in [0.2, 0.25) is 11.8 Å². The van der Waals surface area contributed by atoms with Crippen LogP contribution in [0.15, 0.2) is 0 Å². The van der Waals surface area contributed by atoms with Gasteiger partial charge in [0.15, 0.2) is 0 Å². The number of amides is 2. The molecule has 0 aromatic heterocycles. The highest BCUT2D eigenvalue weighted by atomic mass is 35.5. The van der Waals surface area contributed by atoms with E-state index in [1.807, 2.05) is 11.8 Å². The summed E-state index contributed by atoms with van der Waals surface area (Å²) in [6.07, 6.45) is 8.81. The maximum absolute atomic E-state index is 12.5. The van der Waals surface area contributed by atoms with Crippen LogP contribution in [0.2, 0.25) is 0 Å². The molecule has 2 fully saturated rings. The molecule has 1 aliphatic carbocycles. The Morgan fingerprint density at radius 2 is 1.81 bits per heavy atom. The molecule has 0 spiro atoms. The van der Waals surface area contributed by atoms with Crippen LogP contribution in [0.5, 0.6) is 0 Å². The second kappa shape index (κ2) is 12.5. The van der Waals surface area contributed by atoms with Crippen LogP contribution in [0.1, 0.15) is 64.7 Å². The molecule has 1 unspecified atom stereocenters. The van der Waals surface area contributed by atoms with Crippen LogP contribution in [0.4, 0.5) is 0 Å². The third-order valence-corrected chi connectivity index (χ3v) is 5.34. The lowest BCUT2D eigenvalue weighted by atomic mass is 9.88. The molecule has 6 nitrogen and oxygen atoms in total. The maximum atomic E-state index is 12.5. The number of ether oxygens (including phenoxy) is 1. The van der Waals surface area contributed by atoms with E-state index in [2.05, 4.69) is 5.32 Å². The van der Waals surface area contributed by atoms with Gasteiger partial charge in [-0.1, -0.05) is 19.3 Å². The van der Waals surface area contributed by atoms with E-state index < -0.39 is 0 Å². The van der Waals surface area contributed by atoms with E-state index in [1.54, 1.807) is 0 Å². The van der Waals surface area contributed by atoms with Gasteiger partial charge in [-0.25, -0.2) is 0 Å². The van der Waals surface area contributed by atoms with Gasteiger partial charge < -0.3 is 20.7 Å². The molecule has 0 bridgehead atoms. The van der Waals surface area contributed by atoms with E-state index in [1.165, 1.54) is 6.42 Å². The van der Waals surface area contributed by atoms with Crippen LogP contribution in [-0.2, 0) is 14.3 Å². The minimum absolute atomic E-state index is 0. The molecule has 0 aromatic carbocycles. The number of carbonyl (C=O) groups is 2. The van der Waals surface area contributed by atoms with Gasteiger partial charge in [0, 0.05) is 38.1 Å². The molecule has 0 radical (unpaired) electrons. The fraction of sp³-hybridized carbons (Fsp3) is 0.895. The molecule has 3 N–H and O–H groups in total. The molecule has 1 aliphatic heterocycles. The van der Waals surface area contributed by atoms with E-state index in [9.17, 15) is 9.59 Å². The summed E-state index contributed by atoms with van der Waals surface area (Å²) in [7, 11) is 0. The largest absolute Gasteiger partial charge is 0.378 e. The summed E-state index contributed by atoms with van der Waals surface area (Å²) >= 11 is 0. The first kappa shape index (κ1) is 23.2. The van der Waals surface area contributed by atoms with Gasteiger partial charge in [0.25, 0.3) is 0 Å². The maximum Gasteiger partial charge on any atom is 0.224 e. The van der Waals surface area contributed by atoms with Gasteiger partial charge in [-0.15, -0.1) is 12.4 Å². The molecule has 7 heteroatoms. The van der Waals surface area contributed by atoms with Crippen LogP contribution in [0.25, 0.3) is 0 Å². The molecular weight excluding hydrogens is 354 g/mol. The number of halogens is 1. The summed E-state index contributed by atoms with van der Waals surface area (Å²) in [6.45, 7) is 4.79. The van der Waals surface area contributed by atoms with Crippen molar-refractivity contribution in [2.45, 2.75) is 76.9 Å². The first-order valence-corrected chi connectivity index (χ1v) is 10.00. The Balaban J connectivity index is 0.00000338. The smallest absolute Gasteiger partial charge is 0.224 e. The van der Waals surface area contributed by atoms with E-state index in [4.69, 9.17) is 10.5 Å². The van der Waals surface area contributed by atoms with Gasteiger partial charge >= 0.3 is 0 Å². The number of hydrogen-bond donors (Lipinski definition) is 2. The van der Waals surface area contributed by atoms with Crippen LogP contribution >= 0.6 is 12.4 Å². The van der Waals surface area contributed by atoms with Crippen LogP contribution in [0.3, 0.4) is 0 Å². The number of hydrogen-bond acceptors (Lipinski definition) is 4. The number of carbonyl (C=O) groups excluding carboxylic acids is 2. The fourth-order valence-corrected chi connectivity index (χ4v) is 3.77. The lowest BCUT2D eigenvalue weighted by Crippen LogP contribution is -2.45. The highest BCUT2D eigenvalue weighted by Crippen LogP contribution is 2.24. The Labute approximate surface area is 164 Å². The first-order chi connectivity index (χ1) is 12.1. The standard InChI is InChI=1S/C19H35N3O3.ClH/c1-15(21-19(24)16-6-3-2-4-7-16)14-18(23)22-11-8-17(9-12-22)25-13-5-10-20;/h15-17H,2-14,20H2,1H3,(H,21,24);1H. The predicted molar refractivity (Wildman–Crippen MR) is 105 cm³/mol. The normalized spacial score (nSPS) is 20.3. The zero-order valence-electron chi connectivity index (χ0n) is 16.1. The highest BCUT2D eigenvalue weighted by molar-refractivity contribution is 5.85. The van der Waals surface area contributed by atoms with Gasteiger partial charge in [-0.05, 0) is 45.6 Å². The van der Waals surface area contributed by atoms with Crippen molar-refractivity contribution in [3.05, 3.63) is 0 Å². The average molecular weight is 390 g/mol. The number of piperidine rings is 1. The Kier molecular flexibility index (Phi) is 11.2. The minimum atomic E-state index is -0.0968. The Morgan fingerprint density at radius 3 is 2.42 bits per heavy atom. The van der Waals surface area contributed by atoms with Crippen molar-refractivity contribution in [3.8, 4) is 0 Å². The van der Waals surface area contributed by atoms with Crippen molar-refractivity contribution < 1.29 is 14.3 Å². The molecule has 2 aliphatic rings. The highest BCUT2D eigenvalue weighted by Gasteiger charge is 2.26. The number of nitrogens with one attached hydrogen (secondary N) is 1. The van der Waals surface area contributed by atoms with Gasteiger partial charge in [0.1, 0.15) is 0 Å². The van der Waals surface area contributed by atoms with E-state index in [0.29, 0.717) is 19.6 Å². The van der Waals surface area contributed by atoms with Crippen molar-refractivity contribution in [2.75, 3.05) is 26.2 Å². The van der Waals surface area contributed by atoms with Crippen molar-refractivity contribution in [1.29, 1.82) is 0 Å². The first-order valence-electron chi connectivity index (χ1n) is 10.00. The topological polar surface area (TPSA) is 84.7 Å². The zero-order valence-corrected chi connectivity index (χ0v) is 16.9. The quantitative estimate of drug-likeness (QED) is 0.623. The zero-order chi connectivity index (χ0) is 18.1. The summed E-state index contributed by atoms with van der Waals surface area (Å²) in [5.41, 5.74) is 5.47. The molecule has 152 valence electrons. The molecule has 1 saturated carbocycles. The molecule has 1 heterocycles. The van der Waals surface area contributed by atoms with Crippen LogP contribution < -0.4 is 11.1 Å². The average Bonchev–Trinajstić information content (AvgIpc) is 2.63. The van der Waals surface area contributed by atoms with Crippen LogP contribution in [0, 0.1) is 5.92 Å². The number of likely N-dealkylation sites (tertiary alicyclic amines) is 1. The SMILES string of the molecule is CC(CC(=O)N1CCC(OCCCN)CC1)NC(=O)C1CCCCC1.Cl. The summed E-state index contributed by atoms with van der Waals surface area (Å²) in [6, 6.07) is -0.0968. The van der Waals surface area contributed by atoms with Gasteiger partial charge in [0.05, 0.1) is 6.10 Å². The number of nitrogens with zero attached hydrogens (tertiary/aromatic N) is 1. The lowest BCUT2D eigenvalue weighted by molar-refractivity contribution is -0.134. The minimum Gasteiger partial charge on any atom is -0.378 e. The number of rotatable bonds is 8. The molecule has 2 amide bonds. The molecule has 0 aromatic rings. The van der Waals surface area contributed by atoms with Crippen molar-refractivity contribution in [2.24, 2.45) is 11.7 Å². The number of nitrogens with two attached hydrogens (primary N) is 1. The van der Waals surface area contributed by atoms with Crippen LogP contribution in [-0.4, -0.2) is 55.1 Å². The van der Waals surface area contributed by atoms with Crippen molar-refractivity contribution >= 4 is 24.2 Å². The molecule has 1 saturated heterocycles. The third kappa shape index (κ3) is 7.80. The van der Waals surface area contributed by atoms with E-state index >= 15 is 0 Å². The van der Waals surface area contributed by atoms with E-state index in [0.717, 1.165) is 58.0 Å². The third-order valence-electron chi connectivity index (χ3n) is 5.34. The second-order valence-corrected chi connectivity index (χ2v) is 7.54. The Bertz CT molecular complexity index is 422. The summed E-state index contributed by atoms with van der Waals surface area (Å²) < 4.78 is 5.78. The molecule has 26 heavy (non-hydrogen) atoms. The van der Waals surface area contributed by atoms with Crippen molar-refractivity contribution in [1.82, 2.24) is 10.2 Å². The Morgan fingerprint density at radius 1 is 1.15 bits per heavy atom. The predicted octanol–water partition coefficient (Wildman–Crippen LogP) is 2.24. The monoisotopic (exact) mass is 389 g/mol. The summed E-state index contributed by atoms with van der Waals surface area (Å²) in [5.74, 6) is 0.414. The Hall–Kier alpha value is -0.850. The fourth-order valence-electron chi connectivity index (χ4n) is 3.77. The van der Waals surface area contributed by atoms with Crippen molar-refractivity contribution in [3.63, 3.8) is 0 Å². The summed E-state index contributed by atoms with van der Waals surface area (Å²) in [5, 5.41) is 3.04.